The molecule has 1 aliphatic carbocycles. The molecule has 0 bridgehead atoms. The summed E-state index contributed by atoms with van der Waals surface area (Å²) in [6.07, 6.45) is 8.41. The highest BCUT2D eigenvalue weighted by molar-refractivity contribution is 6.46. The predicted molar refractivity (Wildman–Crippen MR) is 120 cm³/mol. The molecule has 170 valence electrons. The van der Waals surface area contributed by atoms with Gasteiger partial charge in [-0.3, -0.25) is 9.59 Å². The number of unbranched alkanes of at least 4 members (excludes halogenated alkanes) is 3. The zero-order chi connectivity index (χ0) is 22.9. The third-order valence-corrected chi connectivity index (χ3v) is 5.71. The Balaban J connectivity index is 1.93. The van der Waals surface area contributed by atoms with E-state index in [2.05, 4.69) is 4.74 Å². The van der Waals surface area contributed by atoms with Crippen molar-refractivity contribution >= 4 is 23.4 Å². The third-order valence-electron chi connectivity index (χ3n) is 5.43. The van der Waals surface area contributed by atoms with Crippen LogP contribution in [0.3, 0.4) is 0 Å². The van der Waals surface area contributed by atoms with E-state index in [-0.39, 0.29) is 16.8 Å². The van der Waals surface area contributed by atoms with Crippen LogP contribution >= 0.6 is 11.6 Å². The van der Waals surface area contributed by atoms with Gasteiger partial charge in [-0.1, -0.05) is 30.2 Å². The zero-order valence-corrected chi connectivity index (χ0v) is 19.2. The molecule has 1 N–H and O–H groups in total. The number of esters is 1. The summed E-state index contributed by atoms with van der Waals surface area (Å²) in [7, 11) is 4.56. The minimum Gasteiger partial charge on any atom is -0.493 e. The van der Waals surface area contributed by atoms with Gasteiger partial charge in [-0.05, 0) is 62.3 Å². The number of allylic oxidation sites excluding steroid dienone is 2. The van der Waals surface area contributed by atoms with Crippen LogP contribution in [-0.2, 0) is 20.7 Å². The fourth-order valence-electron chi connectivity index (χ4n) is 3.69. The average Bonchev–Trinajstić information content (AvgIpc) is 2.98. The summed E-state index contributed by atoms with van der Waals surface area (Å²) < 4.78 is 15.2. The molecule has 6 nitrogen and oxygen atoms in total. The van der Waals surface area contributed by atoms with Gasteiger partial charge in [0.05, 0.1) is 26.4 Å². The van der Waals surface area contributed by atoms with Crippen molar-refractivity contribution in [2.75, 3.05) is 21.3 Å². The Morgan fingerprint density at radius 3 is 2.52 bits per heavy atom. The molecule has 1 unspecified atom stereocenters. The Kier molecular flexibility index (Phi) is 9.59. The lowest BCUT2D eigenvalue weighted by Gasteiger charge is -2.22. The molecule has 1 atom stereocenters. The number of carbonyl (C=O) groups is 2. The lowest BCUT2D eigenvalue weighted by molar-refractivity contribution is -0.140. The van der Waals surface area contributed by atoms with Gasteiger partial charge in [0.25, 0.3) is 0 Å². The molecule has 0 heterocycles. The number of hydrogen-bond donors (Lipinski definition) is 1. The first-order chi connectivity index (χ1) is 14.8. The Morgan fingerprint density at radius 1 is 1.10 bits per heavy atom. The first-order valence-electron chi connectivity index (χ1n) is 10.5. The van der Waals surface area contributed by atoms with Crippen molar-refractivity contribution in [3.63, 3.8) is 0 Å². The van der Waals surface area contributed by atoms with Crippen LogP contribution in [-0.4, -0.2) is 43.8 Å². The van der Waals surface area contributed by atoms with E-state index >= 15 is 0 Å². The average molecular weight is 451 g/mol. The number of benzene rings is 1. The summed E-state index contributed by atoms with van der Waals surface area (Å²) in [6.45, 7) is 0. The molecule has 0 aliphatic heterocycles. The fourth-order valence-corrected chi connectivity index (χ4v) is 3.97. The van der Waals surface area contributed by atoms with Crippen LogP contribution in [0.25, 0.3) is 0 Å². The standard InChI is InChI=1S/C24H31ClO6/c1-29-20-13-12-17(15-21(20)30-2)9-8-14-24(28)16-19(25)23(27)18(24)10-6-4-5-7-11-22(26)31-3/h10,12-13,15-16,28H,4-9,11,14H2,1-3H3/b18-10-. The van der Waals surface area contributed by atoms with Gasteiger partial charge in [-0.2, -0.15) is 0 Å². The quantitative estimate of drug-likeness (QED) is 0.286. The van der Waals surface area contributed by atoms with Crippen molar-refractivity contribution < 1.29 is 28.9 Å². The second-order valence-electron chi connectivity index (χ2n) is 7.58. The van der Waals surface area contributed by atoms with Gasteiger partial charge < -0.3 is 19.3 Å². The van der Waals surface area contributed by atoms with E-state index < -0.39 is 5.60 Å². The molecule has 2 rings (SSSR count). The van der Waals surface area contributed by atoms with Crippen molar-refractivity contribution in [3.8, 4) is 11.5 Å². The molecule has 1 aromatic carbocycles. The summed E-state index contributed by atoms with van der Waals surface area (Å²) in [5, 5.41) is 11.2. The Labute approximate surface area is 188 Å². The summed E-state index contributed by atoms with van der Waals surface area (Å²) in [6, 6.07) is 5.72. The van der Waals surface area contributed by atoms with E-state index in [0.717, 1.165) is 24.8 Å². The number of halogens is 1. The number of ketones is 1. The maximum absolute atomic E-state index is 12.4. The molecule has 31 heavy (non-hydrogen) atoms. The second-order valence-corrected chi connectivity index (χ2v) is 7.99. The zero-order valence-electron chi connectivity index (χ0n) is 18.4. The lowest BCUT2D eigenvalue weighted by atomic mass is 9.89. The van der Waals surface area contributed by atoms with Gasteiger partial charge >= 0.3 is 5.97 Å². The van der Waals surface area contributed by atoms with Crippen LogP contribution in [0.5, 0.6) is 11.5 Å². The molecule has 0 amide bonds. The predicted octanol–water partition coefficient (Wildman–Crippen LogP) is 4.51. The highest BCUT2D eigenvalue weighted by atomic mass is 35.5. The van der Waals surface area contributed by atoms with Crippen LogP contribution in [0, 0.1) is 0 Å². The van der Waals surface area contributed by atoms with E-state index in [9.17, 15) is 14.7 Å². The molecule has 0 fully saturated rings. The number of carbonyl (C=O) groups excluding carboxylic acids is 2. The van der Waals surface area contributed by atoms with Crippen molar-refractivity contribution in [2.45, 2.75) is 57.0 Å². The first kappa shape index (κ1) is 25.0. The maximum Gasteiger partial charge on any atom is 0.305 e. The fraction of sp³-hybridized carbons (Fsp3) is 0.500. The molecule has 0 aromatic heterocycles. The summed E-state index contributed by atoms with van der Waals surface area (Å²) in [5.41, 5.74) is 0.0473. The van der Waals surface area contributed by atoms with Gasteiger partial charge in [0.2, 0.25) is 5.78 Å². The van der Waals surface area contributed by atoms with E-state index in [1.165, 1.54) is 13.2 Å². The SMILES string of the molecule is COC(=O)CCCCC/C=C1/C(=O)C(Cl)=CC1(O)CCCc1ccc(OC)c(OC)c1. The molecule has 0 spiro atoms. The van der Waals surface area contributed by atoms with Crippen LogP contribution in [0.4, 0.5) is 0 Å². The molecule has 1 aromatic rings. The van der Waals surface area contributed by atoms with E-state index in [0.29, 0.717) is 49.2 Å². The van der Waals surface area contributed by atoms with Crippen LogP contribution in [0.1, 0.15) is 50.5 Å². The topological polar surface area (TPSA) is 82.1 Å². The normalized spacial score (nSPS) is 19.5. The molecule has 7 heteroatoms. The Hall–Kier alpha value is -2.31. The van der Waals surface area contributed by atoms with Crippen molar-refractivity contribution in [1.82, 2.24) is 0 Å². The number of aliphatic hydroxyl groups is 1. The number of methoxy groups -OCH3 is 3. The van der Waals surface area contributed by atoms with E-state index in [1.54, 1.807) is 20.3 Å². The van der Waals surface area contributed by atoms with Gasteiger partial charge in [0.15, 0.2) is 11.5 Å². The minimum absolute atomic E-state index is 0.0607. The van der Waals surface area contributed by atoms with E-state index in [4.69, 9.17) is 21.1 Å². The van der Waals surface area contributed by atoms with Crippen molar-refractivity contribution in [3.05, 3.63) is 46.5 Å². The van der Waals surface area contributed by atoms with Crippen LogP contribution in [0.2, 0.25) is 0 Å². The molecule has 0 radical (unpaired) electrons. The molecule has 0 saturated heterocycles. The minimum atomic E-state index is -1.35. The molecule has 0 saturated carbocycles. The maximum atomic E-state index is 12.4. The van der Waals surface area contributed by atoms with E-state index in [1.807, 2.05) is 18.2 Å². The number of hydrogen-bond acceptors (Lipinski definition) is 6. The largest absolute Gasteiger partial charge is 0.493 e. The van der Waals surface area contributed by atoms with Gasteiger partial charge in [0, 0.05) is 12.0 Å². The number of Topliss-reactive ketones (excluding diaryl/α,β-unsaturated/α-hetero) is 1. The Morgan fingerprint density at radius 2 is 1.84 bits per heavy atom. The van der Waals surface area contributed by atoms with Crippen molar-refractivity contribution in [2.24, 2.45) is 0 Å². The number of ether oxygens (including phenoxy) is 3. The van der Waals surface area contributed by atoms with Crippen LogP contribution in [0.15, 0.2) is 41.0 Å². The monoisotopic (exact) mass is 450 g/mol. The van der Waals surface area contributed by atoms with Crippen LogP contribution < -0.4 is 9.47 Å². The summed E-state index contributed by atoms with van der Waals surface area (Å²) in [5.74, 6) is 0.789. The highest BCUT2D eigenvalue weighted by Gasteiger charge is 2.40. The lowest BCUT2D eigenvalue weighted by Crippen LogP contribution is -2.28. The molecule has 1 aliphatic rings. The first-order valence-corrected chi connectivity index (χ1v) is 10.9. The third kappa shape index (κ3) is 6.84. The molecular formula is C24H31ClO6. The van der Waals surface area contributed by atoms with Gasteiger partial charge in [-0.15, -0.1) is 0 Å². The summed E-state index contributed by atoms with van der Waals surface area (Å²) >= 11 is 6.05. The van der Waals surface area contributed by atoms with Gasteiger partial charge in [-0.25, -0.2) is 0 Å². The summed E-state index contributed by atoms with van der Waals surface area (Å²) in [4.78, 5) is 23.6. The van der Waals surface area contributed by atoms with Gasteiger partial charge in [0.1, 0.15) is 5.60 Å². The Bertz CT molecular complexity index is 844. The number of aryl methyl sites for hydroxylation is 1. The van der Waals surface area contributed by atoms with Crippen molar-refractivity contribution in [1.29, 1.82) is 0 Å². The second kappa shape index (κ2) is 11.9. The number of rotatable bonds is 12. The highest BCUT2D eigenvalue weighted by Crippen LogP contribution is 2.37. The smallest absolute Gasteiger partial charge is 0.305 e. The molecular weight excluding hydrogens is 420 g/mol.